The van der Waals surface area contributed by atoms with Crippen molar-refractivity contribution >= 4 is 5.97 Å². The molecule has 0 aromatic heterocycles. The predicted octanol–water partition coefficient (Wildman–Crippen LogP) is 0.521. The lowest BCUT2D eigenvalue weighted by Gasteiger charge is -2.54. The van der Waals surface area contributed by atoms with Crippen LogP contribution in [0, 0.1) is 11.3 Å². The lowest BCUT2D eigenvalue weighted by Crippen LogP contribution is -2.65. The minimum Gasteiger partial charge on any atom is -0.456 e. The highest BCUT2D eigenvalue weighted by Crippen LogP contribution is 2.58. The molecule has 0 amide bonds. The van der Waals surface area contributed by atoms with Crippen LogP contribution in [0.3, 0.4) is 0 Å². The molecular formula is C15H22O5. The average Bonchev–Trinajstić information content (AvgIpc) is 2.54. The van der Waals surface area contributed by atoms with Gasteiger partial charge in [0.2, 0.25) is 0 Å². The second-order valence-electron chi connectivity index (χ2n) is 7.01. The molecule has 2 fully saturated rings. The standard InChI is InChI=1S/C15H22O5/c1-8-4-5-9(16)13(2)6-7-15(19)11(10(8)13)20-12(17)14(15,3)18/h4,9-11,16,18-19H,5-7H2,1-3H3/t9-,10-,11-,13+,14+,15-/m0/s1. The summed E-state index contributed by atoms with van der Waals surface area (Å²) in [7, 11) is 0. The lowest BCUT2D eigenvalue weighted by molar-refractivity contribution is -0.192. The molecule has 1 saturated carbocycles. The van der Waals surface area contributed by atoms with E-state index in [1.807, 2.05) is 19.9 Å². The number of aliphatic hydroxyl groups is 3. The first-order chi connectivity index (χ1) is 9.14. The largest absolute Gasteiger partial charge is 0.456 e. The van der Waals surface area contributed by atoms with Gasteiger partial charge in [0.25, 0.3) is 0 Å². The molecule has 20 heavy (non-hydrogen) atoms. The fourth-order valence-corrected chi connectivity index (χ4v) is 4.30. The quantitative estimate of drug-likeness (QED) is 0.445. The highest BCUT2D eigenvalue weighted by Gasteiger charge is 2.71. The molecule has 1 heterocycles. The molecule has 5 heteroatoms. The average molecular weight is 282 g/mol. The van der Waals surface area contributed by atoms with E-state index >= 15 is 0 Å². The van der Waals surface area contributed by atoms with Gasteiger partial charge in [0, 0.05) is 11.3 Å². The van der Waals surface area contributed by atoms with Crippen LogP contribution in [0.5, 0.6) is 0 Å². The predicted molar refractivity (Wildman–Crippen MR) is 70.7 cm³/mol. The molecule has 3 rings (SSSR count). The van der Waals surface area contributed by atoms with Crippen molar-refractivity contribution in [1.82, 2.24) is 0 Å². The van der Waals surface area contributed by atoms with Gasteiger partial charge in [-0.15, -0.1) is 0 Å². The van der Waals surface area contributed by atoms with Crippen LogP contribution in [0.25, 0.3) is 0 Å². The van der Waals surface area contributed by atoms with E-state index in [9.17, 15) is 20.1 Å². The minimum absolute atomic E-state index is 0.244. The molecule has 3 aliphatic rings. The van der Waals surface area contributed by atoms with Crippen molar-refractivity contribution < 1.29 is 24.9 Å². The Morgan fingerprint density at radius 1 is 1.30 bits per heavy atom. The molecule has 1 saturated heterocycles. The number of carbonyl (C=O) groups is 1. The van der Waals surface area contributed by atoms with Gasteiger partial charge in [0.15, 0.2) is 5.60 Å². The lowest BCUT2D eigenvalue weighted by atomic mass is 9.53. The molecule has 0 aromatic carbocycles. The number of ether oxygens (including phenoxy) is 1. The van der Waals surface area contributed by atoms with Crippen molar-refractivity contribution in [2.45, 2.75) is 63.4 Å². The number of carbonyl (C=O) groups excluding carboxylic acids is 1. The topological polar surface area (TPSA) is 87.0 Å². The second kappa shape index (κ2) is 3.84. The van der Waals surface area contributed by atoms with Gasteiger partial charge in [-0.1, -0.05) is 18.6 Å². The van der Waals surface area contributed by atoms with Gasteiger partial charge in [0.05, 0.1) is 6.10 Å². The van der Waals surface area contributed by atoms with Crippen molar-refractivity contribution in [3.8, 4) is 0 Å². The van der Waals surface area contributed by atoms with Crippen LogP contribution in [0.2, 0.25) is 0 Å². The first kappa shape index (κ1) is 14.0. The van der Waals surface area contributed by atoms with Gasteiger partial charge in [-0.25, -0.2) is 4.79 Å². The SMILES string of the molecule is CC1=CC[C@H](O)[C@@]2(C)CC[C@]3(O)[C@@H](OC(=O)[C@@]3(C)O)[C@H]12. The molecule has 0 bridgehead atoms. The molecule has 6 atom stereocenters. The van der Waals surface area contributed by atoms with Crippen molar-refractivity contribution in [2.75, 3.05) is 0 Å². The van der Waals surface area contributed by atoms with Gasteiger partial charge < -0.3 is 20.1 Å². The molecule has 0 spiro atoms. The molecule has 2 aliphatic carbocycles. The van der Waals surface area contributed by atoms with E-state index in [0.29, 0.717) is 12.8 Å². The van der Waals surface area contributed by atoms with Crippen LogP contribution >= 0.6 is 0 Å². The van der Waals surface area contributed by atoms with E-state index in [2.05, 4.69) is 0 Å². The molecule has 0 radical (unpaired) electrons. The summed E-state index contributed by atoms with van der Waals surface area (Å²) in [6.07, 6.45) is 1.98. The van der Waals surface area contributed by atoms with Crippen LogP contribution in [-0.4, -0.2) is 44.7 Å². The van der Waals surface area contributed by atoms with Crippen LogP contribution in [0.4, 0.5) is 0 Å². The van der Waals surface area contributed by atoms with Crippen molar-refractivity contribution in [3.63, 3.8) is 0 Å². The summed E-state index contributed by atoms with van der Waals surface area (Å²) in [6, 6.07) is 0. The molecule has 5 nitrogen and oxygen atoms in total. The number of aliphatic hydroxyl groups excluding tert-OH is 1. The Kier molecular flexibility index (Phi) is 2.70. The smallest absolute Gasteiger partial charge is 0.341 e. The molecular weight excluding hydrogens is 260 g/mol. The van der Waals surface area contributed by atoms with E-state index in [4.69, 9.17) is 4.74 Å². The summed E-state index contributed by atoms with van der Waals surface area (Å²) in [5.74, 6) is -1.04. The highest BCUT2D eigenvalue weighted by molar-refractivity contribution is 5.84. The summed E-state index contributed by atoms with van der Waals surface area (Å²) >= 11 is 0. The maximum Gasteiger partial charge on any atom is 0.341 e. The Hall–Kier alpha value is -0.910. The first-order valence-corrected chi connectivity index (χ1v) is 7.15. The summed E-state index contributed by atoms with van der Waals surface area (Å²) < 4.78 is 5.35. The van der Waals surface area contributed by atoms with E-state index < -0.39 is 34.8 Å². The van der Waals surface area contributed by atoms with Crippen LogP contribution in [0.1, 0.15) is 40.0 Å². The Morgan fingerprint density at radius 3 is 2.60 bits per heavy atom. The molecule has 0 aromatic rings. The second-order valence-corrected chi connectivity index (χ2v) is 7.01. The maximum atomic E-state index is 11.9. The molecule has 0 unspecified atom stereocenters. The van der Waals surface area contributed by atoms with Gasteiger partial charge in [0.1, 0.15) is 11.7 Å². The minimum atomic E-state index is -1.89. The summed E-state index contributed by atoms with van der Waals surface area (Å²) in [6.45, 7) is 5.22. The third kappa shape index (κ3) is 1.41. The van der Waals surface area contributed by atoms with E-state index in [1.54, 1.807) is 0 Å². The molecule has 3 N–H and O–H groups in total. The van der Waals surface area contributed by atoms with E-state index in [-0.39, 0.29) is 12.3 Å². The number of hydrogen-bond donors (Lipinski definition) is 3. The zero-order valence-electron chi connectivity index (χ0n) is 12.1. The van der Waals surface area contributed by atoms with Crippen LogP contribution in [0.15, 0.2) is 11.6 Å². The maximum absolute atomic E-state index is 11.9. The Labute approximate surface area is 118 Å². The van der Waals surface area contributed by atoms with Gasteiger partial charge in [-0.2, -0.15) is 0 Å². The fourth-order valence-electron chi connectivity index (χ4n) is 4.30. The normalized spacial score (nSPS) is 54.8. The Morgan fingerprint density at radius 2 is 1.95 bits per heavy atom. The van der Waals surface area contributed by atoms with Crippen LogP contribution in [-0.2, 0) is 9.53 Å². The number of rotatable bonds is 0. The summed E-state index contributed by atoms with van der Waals surface area (Å²) in [4.78, 5) is 11.9. The number of fused-ring (bicyclic) bond motifs is 3. The van der Waals surface area contributed by atoms with Gasteiger partial charge in [-0.3, -0.25) is 0 Å². The van der Waals surface area contributed by atoms with Gasteiger partial charge >= 0.3 is 5.97 Å². The fraction of sp³-hybridized carbons (Fsp3) is 0.800. The number of hydrogen-bond acceptors (Lipinski definition) is 5. The third-order valence-electron chi connectivity index (χ3n) is 5.92. The van der Waals surface area contributed by atoms with Gasteiger partial charge in [-0.05, 0) is 33.1 Å². The van der Waals surface area contributed by atoms with Crippen LogP contribution < -0.4 is 0 Å². The molecule has 1 aliphatic heterocycles. The van der Waals surface area contributed by atoms with E-state index in [1.165, 1.54) is 6.92 Å². The zero-order chi connectivity index (χ0) is 14.9. The Balaban J connectivity index is 2.10. The third-order valence-corrected chi connectivity index (χ3v) is 5.92. The molecule has 112 valence electrons. The monoisotopic (exact) mass is 282 g/mol. The highest BCUT2D eigenvalue weighted by atomic mass is 16.6. The Bertz CT molecular complexity index is 496. The first-order valence-electron chi connectivity index (χ1n) is 7.15. The van der Waals surface area contributed by atoms with Crippen molar-refractivity contribution in [3.05, 3.63) is 11.6 Å². The van der Waals surface area contributed by atoms with E-state index in [0.717, 1.165) is 5.57 Å². The van der Waals surface area contributed by atoms with Crippen molar-refractivity contribution in [1.29, 1.82) is 0 Å². The summed E-state index contributed by atoms with van der Waals surface area (Å²) in [5, 5.41) is 31.6. The zero-order valence-corrected chi connectivity index (χ0v) is 12.1. The number of esters is 1. The summed E-state index contributed by atoms with van der Waals surface area (Å²) in [5.41, 5.74) is -2.90. The van der Waals surface area contributed by atoms with Crippen molar-refractivity contribution in [2.24, 2.45) is 11.3 Å².